The number of benzene rings is 1. The highest BCUT2D eigenvalue weighted by Gasteiger charge is 2.14. The zero-order chi connectivity index (χ0) is 22.7. The fraction of sp³-hybridized carbons (Fsp3) is 0.190. The van der Waals surface area contributed by atoms with Gasteiger partial charge in [-0.2, -0.15) is 0 Å². The molecule has 0 aliphatic heterocycles. The summed E-state index contributed by atoms with van der Waals surface area (Å²) in [6, 6.07) is 7.90. The second-order valence-electron chi connectivity index (χ2n) is 6.62. The van der Waals surface area contributed by atoms with Crippen LogP contribution in [0, 0.1) is 0 Å². The van der Waals surface area contributed by atoms with E-state index in [1.807, 2.05) is 0 Å². The molecule has 0 unspecified atom stereocenters. The van der Waals surface area contributed by atoms with Gasteiger partial charge in [-0.05, 0) is 37.3 Å². The number of sulfone groups is 1. The zero-order valence-corrected chi connectivity index (χ0v) is 18.1. The van der Waals surface area contributed by atoms with Gasteiger partial charge in [0, 0.05) is 0 Å². The average Bonchev–Trinajstić information content (AvgIpc) is 3.23. The van der Waals surface area contributed by atoms with E-state index >= 15 is 0 Å². The van der Waals surface area contributed by atoms with Crippen molar-refractivity contribution >= 4 is 26.8 Å². The van der Waals surface area contributed by atoms with E-state index in [2.05, 4.69) is 24.9 Å². The number of pyridine rings is 1. The van der Waals surface area contributed by atoms with Gasteiger partial charge in [0.25, 0.3) is 0 Å². The van der Waals surface area contributed by atoms with Gasteiger partial charge < -0.3 is 14.5 Å². The first-order chi connectivity index (χ1) is 15.4. The fourth-order valence-electron chi connectivity index (χ4n) is 2.86. The number of carbonyl (C=O) groups is 1. The summed E-state index contributed by atoms with van der Waals surface area (Å²) in [4.78, 5) is 32.0. The quantitative estimate of drug-likeness (QED) is 0.418. The van der Waals surface area contributed by atoms with Crippen LogP contribution in [-0.4, -0.2) is 51.7 Å². The van der Waals surface area contributed by atoms with Crippen LogP contribution in [0.1, 0.15) is 24.2 Å². The molecule has 1 aromatic carbocycles. The summed E-state index contributed by atoms with van der Waals surface area (Å²) in [5.41, 5.74) is 2.14. The molecule has 0 bridgehead atoms. The standard InChI is InChI=1S/C21H19N5O5S/c1-3-30-21(27)13-5-7-15-16(9-13)26-20(25-15)17-11-22-12-18(24-17)31-14-6-8-19(23-10-14)32(28,29)4-2/h5-12H,3-4H2,1-2H3,(H,25,26). The molecule has 3 heterocycles. The number of aromatic nitrogens is 5. The number of aromatic amines is 1. The van der Waals surface area contributed by atoms with Gasteiger partial charge in [0.05, 0.1) is 47.5 Å². The van der Waals surface area contributed by atoms with Crippen LogP contribution in [0.15, 0.2) is 53.9 Å². The predicted octanol–water partition coefficient (Wildman–Crippen LogP) is 3.18. The van der Waals surface area contributed by atoms with Gasteiger partial charge in [-0.15, -0.1) is 0 Å². The number of nitrogens with zero attached hydrogens (tertiary/aromatic N) is 4. The molecule has 0 saturated heterocycles. The Kier molecular flexibility index (Phi) is 5.82. The third kappa shape index (κ3) is 4.42. The van der Waals surface area contributed by atoms with Gasteiger partial charge >= 0.3 is 5.97 Å². The van der Waals surface area contributed by atoms with Crippen molar-refractivity contribution in [3.63, 3.8) is 0 Å². The van der Waals surface area contributed by atoms with E-state index in [1.54, 1.807) is 32.0 Å². The third-order valence-corrected chi connectivity index (χ3v) is 6.12. The molecule has 0 radical (unpaired) electrons. The monoisotopic (exact) mass is 453 g/mol. The van der Waals surface area contributed by atoms with Gasteiger partial charge in [-0.1, -0.05) is 6.92 Å². The molecule has 1 N–H and O–H groups in total. The first-order valence-electron chi connectivity index (χ1n) is 9.75. The van der Waals surface area contributed by atoms with Crippen molar-refractivity contribution in [3.05, 3.63) is 54.5 Å². The molecule has 0 atom stereocenters. The minimum atomic E-state index is -3.39. The van der Waals surface area contributed by atoms with E-state index in [0.717, 1.165) is 0 Å². The molecule has 164 valence electrons. The maximum atomic E-state index is 11.9. The molecule has 0 aliphatic rings. The number of hydrogen-bond donors (Lipinski definition) is 1. The maximum Gasteiger partial charge on any atom is 0.338 e. The number of ether oxygens (including phenoxy) is 2. The highest BCUT2D eigenvalue weighted by molar-refractivity contribution is 7.91. The van der Waals surface area contributed by atoms with Crippen molar-refractivity contribution in [2.24, 2.45) is 0 Å². The number of esters is 1. The molecular formula is C21H19N5O5S. The number of H-pyrrole nitrogens is 1. The number of rotatable bonds is 7. The lowest BCUT2D eigenvalue weighted by Crippen LogP contribution is -2.05. The summed E-state index contributed by atoms with van der Waals surface area (Å²) in [5, 5.41) is -0.0170. The maximum absolute atomic E-state index is 11.9. The van der Waals surface area contributed by atoms with E-state index in [9.17, 15) is 13.2 Å². The lowest BCUT2D eigenvalue weighted by atomic mass is 10.2. The number of fused-ring (bicyclic) bond motifs is 1. The number of imidazole rings is 1. The third-order valence-electron chi connectivity index (χ3n) is 4.48. The molecule has 4 aromatic rings. The number of hydrogen-bond acceptors (Lipinski definition) is 9. The summed E-state index contributed by atoms with van der Waals surface area (Å²) in [6.45, 7) is 3.59. The van der Waals surface area contributed by atoms with Gasteiger partial charge in [0.2, 0.25) is 5.88 Å². The summed E-state index contributed by atoms with van der Waals surface area (Å²) in [5.74, 6) is 0.499. The molecule has 0 aliphatic carbocycles. The summed E-state index contributed by atoms with van der Waals surface area (Å²) >= 11 is 0. The Morgan fingerprint density at radius 1 is 1.06 bits per heavy atom. The van der Waals surface area contributed by atoms with Gasteiger partial charge in [-0.3, -0.25) is 4.98 Å². The highest BCUT2D eigenvalue weighted by Crippen LogP contribution is 2.24. The molecule has 32 heavy (non-hydrogen) atoms. The van der Waals surface area contributed by atoms with Crippen LogP contribution in [0.25, 0.3) is 22.6 Å². The van der Waals surface area contributed by atoms with Gasteiger partial charge in [0.15, 0.2) is 20.7 Å². The second-order valence-corrected chi connectivity index (χ2v) is 8.84. The first-order valence-corrected chi connectivity index (χ1v) is 11.4. The van der Waals surface area contributed by atoms with Crippen LogP contribution in [0.4, 0.5) is 0 Å². The van der Waals surface area contributed by atoms with Crippen LogP contribution in [0.3, 0.4) is 0 Å². The van der Waals surface area contributed by atoms with Crippen LogP contribution in [0.5, 0.6) is 11.6 Å². The van der Waals surface area contributed by atoms with Crippen LogP contribution >= 0.6 is 0 Å². The minimum absolute atomic E-state index is 0.0170. The van der Waals surface area contributed by atoms with Gasteiger partial charge in [-0.25, -0.2) is 28.2 Å². The van der Waals surface area contributed by atoms with Crippen LogP contribution in [0.2, 0.25) is 0 Å². The van der Waals surface area contributed by atoms with Crippen molar-refractivity contribution in [1.82, 2.24) is 24.9 Å². The molecule has 10 nitrogen and oxygen atoms in total. The van der Waals surface area contributed by atoms with E-state index in [4.69, 9.17) is 9.47 Å². The Labute approximate surface area is 183 Å². The van der Waals surface area contributed by atoms with Crippen molar-refractivity contribution < 1.29 is 22.7 Å². The summed E-state index contributed by atoms with van der Waals surface area (Å²) in [7, 11) is -3.39. The van der Waals surface area contributed by atoms with Crippen LogP contribution in [-0.2, 0) is 14.6 Å². The Bertz CT molecular complexity index is 1380. The lowest BCUT2D eigenvalue weighted by Gasteiger charge is -2.06. The Hall–Kier alpha value is -3.86. The predicted molar refractivity (Wildman–Crippen MR) is 115 cm³/mol. The van der Waals surface area contributed by atoms with Crippen molar-refractivity contribution in [1.29, 1.82) is 0 Å². The number of nitrogens with one attached hydrogen (secondary N) is 1. The Morgan fingerprint density at radius 2 is 1.91 bits per heavy atom. The van der Waals surface area contributed by atoms with Gasteiger partial charge in [0.1, 0.15) is 11.4 Å². The van der Waals surface area contributed by atoms with Crippen molar-refractivity contribution in [3.8, 4) is 23.1 Å². The topological polar surface area (TPSA) is 137 Å². The highest BCUT2D eigenvalue weighted by atomic mass is 32.2. The Morgan fingerprint density at radius 3 is 2.62 bits per heavy atom. The smallest absolute Gasteiger partial charge is 0.338 e. The lowest BCUT2D eigenvalue weighted by molar-refractivity contribution is 0.0526. The second kappa shape index (κ2) is 8.71. The molecule has 0 fully saturated rings. The van der Waals surface area contributed by atoms with Crippen molar-refractivity contribution in [2.45, 2.75) is 18.9 Å². The average molecular weight is 453 g/mol. The number of carbonyl (C=O) groups excluding carboxylic acids is 1. The minimum Gasteiger partial charge on any atom is -0.462 e. The first kappa shape index (κ1) is 21.4. The summed E-state index contributed by atoms with van der Waals surface area (Å²) in [6.07, 6.45) is 4.25. The normalized spacial score (nSPS) is 11.4. The Balaban J connectivity index is 1.57. The molecule has 0 spiro atoms. The van der Waals surface area contributed by atoms with E-state index < -0.39 is 15.8 Å². The van der Waals surface area contributed by atoms with Crippen molar-refractivity contribution in [2.75, 3.05) is 12.4 Å². The molecule has 0 saturated carbocycles. The largest absolute Gasteiger partial charge is 0.462 e. The molecular weight excluding hydrogens is 434 g/mol. The van der Waals surface area contributed by atoms with Crippen LogP contribution < -0.4 is 4.74 Å². The fourth-order valence-corrected chi connectivity index (χ4v) is 3.65. The molecule has 11 heteroatoms. The van der Waals surface area contributed by atoms with E-state index in [-0.39, 0.29) is 16.7 Å². The molecule has 0 amide bonds. The van der Waals surface area contributed by atoms with E-state index in [1.165, 1.54) is 30.7 Å². The van der Waals surface area contributed by atoms with E-state index in [0.29, 0.717) is 40.5 Å². The molecule has 3 aromatic heterocycles. The summed E-state index contributed by atoms with van der Waals surface area (Å²) < 4.78 is 34.4. The molecule has 4 rings (SSSR count). The zero-order valence-electron chi connectivity index (χ0n) is 17.3. The SMILES string of the molecule is CCOC(=O)c1ccc2nc(-c3cncc(Oc4ccc(S(=O)(=O)CC)nc4)n3)[nH]c2c1.